The van der Waals surface area contributed by atoms with Crippen molar-refractivity contribution in [2.24, 2.45) is 0 Å². The first kappa shape index (κ1) is 15.2. The summed E-state index contributed by atoms with van der Waals surface area (Å²) in [5, 5.41) is 3.94. The van der Waals surface area contributed by atoms with Crippen molar-refractivity contribution in [1.82, 2.24) is 5.32 Å². The zero-order chi connectivity index (χ0) is 17.2. The van der Waals surface area contributed by atoms with E-state index in [0.717, 1.165) is 16.3 Å². The SMILES string of the molecule is O=C1NC(=O)C(c2c(OCc3ccccc3)ccc3ccccc23)O1. The molecule has 0 aliphatic carbocycles. The fourth-order valence-corrected chi connectivity index (χ4v) is 2.95. The van der Waals surface area contributed by atoms with Crippen LogP contribution >= 0.6 is 0 Å². The van der Waals surface area contributed by atoms with E-state index in [4.69, 9.17) is 9.47 Å². The van der Waals surface area contributed by atoms with Crippen LogP contribution in [-0.4, -0.2) is 12.0 Å². The Hall–Kier alpha value is -3.34. The van der Waals surface area contributed by atoms with Gasteiger partial charge in [0.15, 0.2) is 0 Å². The second-order valence-electron chi connectivity index (χ2n) is 5.75. The van der Waals surface area contributed by atoms with Gasteiger partial charge in [0.25, 0.3) is 5.91 Å². The molecule has 0 saturated carbocycles. The number of amides is 2. The molecule has 1 aliphatic rings. The van der Waals surface area contributed by atoms with Crippen molar-refractivity contribution in [1.29, 1.82) is 0 Å². The first-order chi connectivity index (χ1) is 12.2. The second kappa shape index (κ2) is 6.28. The number of alkyl carbamates (subject to hydrolysis) is 1. The van der Waals surface area contributed by atoms with E-state index in [-0.39, 0.29) is 0 Å². The van der Waals surface area contributed by atoms with E-state index in [0.29, 0.717) is 17.9 Å². The summed E-state index contributed by atoms with van der Waals surface area (Å²) in [5.41, 5.74) is 1.58. The summed E-state index contributed by atoms with van der Waals surface area (Å²) in [4.78, 5) is 23.6. The highest BCUT2D eigenvalue weighted by Gasteiger charge is 2.36. The standard InChI is InChI=1S/C20H15NO4/c22-19-18(25-20(23)21-19)17-15-9-5-4-8-14(15)10-11-16(17)24-12-13-6-2-1-3-7-13/h1-11,18H,12H2,(H,21,22,23). The third-order valence-corrected chi connectivity index (χ3v) is 4.12. The molecule has 5 heteroatoms. The number of fused-ring (bicyclic) bond motifs is 1. The lowest BCUT2D eigenvalue weighted by molar-refractivity contribution is -0.123. The molecule has 1 N–H and O–H groups in total. The molecule has 1 saturated heterocycles. The fourth-order valence-electron chi connectivity index (χ4n) is 2.95. The topological polar surface area (TPSA) is 64.6 Å². The van der Waals surface area contributed by atoms with Crippen molar-refractivity contribution in [3.8, 4) is 5.75 Å². The van der Waals surface area contributed by atoms with Crippen molar-refractivity contribution >= 4 is 22.8 Å². The number of hydrogen-bond donors (Lipinski definition) is 1. The number of ether oxygens (including phenoxy) is 2. The van der Waals surface area contributed by atoms with Gasteiger partial charge in [0.05, 0.1) is 5.56 Å². The Balaban J connectivity index is 1.76. The number of carbonyl (C=O) groups excluding carboxylic acids is 2. The molecule has 1 heterocycles. The van der Waals surface area contributed by atoms with Crippen LogP contribution in [0.4, 0.5) is 4.79 Å². The summed E-state index contributed by atoms with van der Waals surface area (Å²) < 4.78 is 11.1. The van der Waals surface area contributed by atoms with Crippen LogP contribution in [0, 0.1) is 0 Å². The molecule has 0 bridgehead atoms. The number of rotatable bonds is 4. The molecule has 4 rings (SSSR count). The minimum Gasteiger partial charge on any atom is -0.488 e. The highest BCUT2D eigenvalue weighted by molar-refractivity contribution is 6.03. The van der Waals surface area contributed by atoms with Crippen LogP contribution in [0.3, 0.4) is 0 Å². The van der Waals surface area contributed by atoms with Crippen molar-refractivity contribution in [2.75, 3.05) is 0 Å². The van der Waals surface area contributed by atoms with Gasteiger partial charge in [-0.2, -0.15) is 0 Å². The average Bonchev–Trinajstić information content (AvgIpc) is 2.98. The minimum atomic E-state index is -1.01. The maximum absolute atomic E-state index is 12.1. The maximum atomic E-state index is 12.1. The van der Waals surface area contributed by atoms with Crippen molar-refractivity contribution in [3.05, 3.63) is 77.9 Å². The van der Waals surface area contributed by atoms with Crippen molar-refractivity contribution < 1.29 is 19.1 Å². The van der Waals surface area contributed by atoms with E-state index in [1.54, 1.807) is 6.07 Å². The predicted molar refractivity (Wildman–Crippen MR) is 92.1 cm³/mol. The molecule has 5 nitrogen and oxygen atoms in total. The molecule has 2 amide bonds. The number of benzene rings is 3. The van der Waals surface area contributed by atoms with E-state index in [9.17, 15) is 9.59 Å². The molecule has 1 unspecified atom stereocenters. The van der Waals surface area contributed by atoms with Gasteiger partial charge in [0.2, 0.25) is 6.10 Å². The number of nitrogens with one attached hydrogen (secondary N) is 1. The van der Waals surface area contributed by atoms with Gasteiger partial charge in [0, 0.05) is 0 Å². The first-order valence-corrected chi connectivity index (χ1v) is 7.92. The third-order valence-electron chi connectivity index (χ3n) is 4.12. The molecule has 1 fully saturated rings. The zero-order valence-electron chi connectivity index (χ0n) is 13.3. The van der Waals surface area contributed by atoms with Gasteiger partial charge in [-0.3, -0.25) is 10.1 Å². The number of cyclic esters (lactones) is 1. The van der Waals surface area contributed by atoms with Gasteiger partial charge in [-0.1, -0.05) is 60.7 Å². The lowest BCUT2D eigenvalue weighted by Crippen LogP contribution is -2.21. The highest BCUT2D eigenvalue weighted by atomic mass is 16.6. The van der Waals surface area contributed by atoms with Crippen LogP contribution < -0.4 is 10.1 Å². The Labute approximate surface area is 144 Å². The molecule has 0 spiro atoms. The molecule has 25 heavy (non-hydrogen) atoms. The van der Waals surface area contributed by atoms with E-state index < -0.39 is 18.1 Å². The minimum absolute atomic E-state index is 0.356. The number of hydrogen-bond acceptors (Lipinski definition) is 4. The van der Waals surface area contributed by atoms with E-state index in [1.807, 2.05) is 60.7 Å². The van der Waals surface area contributed by atoms with Crippen LogP contribution in [0.2, 0.25) is 0 Å². The molecule has 3 aromatic carbocycles. The molecular weight excluding hydrogens is 318 g/mol. The van der Waals surface area contributed by atoms with Crippen LogP contribution in [0.15, 0.2) is 66.7 Å². The van der Waals surface area contributed by atoms with Gasteiger partial charge in [-0.25, -0.2) is 4.79 Å². The van der Waals surface area contributed by atoms with Gasteiger partial charge in [-0.15, -0.1) is 0 Å². The fraction of sp³-hybridized carbons (Fsp3) is 0.100. The van der Waals surface area contributed by atoms with Crippen LogP contribution in [0.5, 0.6) is 5.75 Å². The highest BCUT2D eigenvalue weighted by Crippen LogP contribution is 2.37. The summed E-state index contributed by atoms with van der Waals surface area (Å²) in [5.74, 6) is 0.0447. The zero-order valence-corrected chi connectivity index (χ0v) is 13.3. The van der Waals surface area contributed by atoms with Crippen LogP contribution in [-0.2, 0) is 16.1 Å². The largest absolute Gasteiger partial charge is 0.488 e. The average molecular weight is 333 g/mol. The Kier molecular flexibility index (Phi) is 3.82. The monoisotopic (exact) mass is 333 g/mol. The first-order valence-electron chi connectivity index (χ1n) is 7.92. The normalized spacial score (nSPS) is 16.6. The Morgan fingerprint density at radius 2 is 1.68 bits per heavy atom. The quantitative estimate of drug-likeness (QED) is 0.790. The predicted octanol–water partition coefficient (Wildman–Crippen LogP) is 3.73. The second-order valence-corrected chi connectivity index (χ2v) is 5.75. The van der Waals surface area contributed by atoms with Crippen molar-refractivity contribution in [3.63, 3.8) is 0 Å². The van der Waals surface area contributed by atoms with Crippen LogP contribution in [0.25, 0.3) is 10.8 Å². The Morgan fingerprint density at radius 1 is 0.920 bits per heavy atom. The summed E-state index contributed by atoms with van der Waals surface area (Å²) >= 11 is 0. The van der Waals surface area contributed by atoms with Gasteiger partial charge >= 0.3 is 6.09 Å². The molecule has 1 atom stereocenters. The van der Waals surface area contributed by atoms with Gasteiger partial charge in [-0.05, 0) is 22.4 Å². The summed E-state index contributed by atoms with van der Waals surface area (Å²) in [6, 6.07) is 21.1. The van der Waals surface area contributed by atoms with Gasteiger partial charge < -0.3 is 9.47 Å². The lowest BCUT2D eigenvalue weighted by atomic mass is 9.99. The lowest BCUT2D eigenvalue weighted by Gasteiger charge is -2.17. The molecule has 1 aliphatic heterocycles. The summed E-state index contributed by atoms with van der Waals surface area (Å²) in [7, 11) is 0. The van der Waals surface area contributed by atoms with E-state index in [2.05, 4.69) is 5.32 Å². The number of imide groups is 1. The maximum Gasteiger partial charge on any atom is 0.415 e. The molecule has 0 radical (unpaired) electrons. The smallest absolute Gasteiger partial charge is 0.415 e. The third kappa shape index (κ3) is 2.92. The molecular formula is C20H15NO4. The number of carbonyl (C=O) groups is 2. The van der Waals surface area contributed by atoms with Gasteiger partial charge in [0.1, 0.15) is 12.4 Å². The van der Waals surface area contributed by atoms with E-state index >= 15 is 0 Å². The molecule has 124 valence electrons. The molecule has 3 aromatic rings. The Morgan fingerprint density at radius 3 is 2.44 bits per heavy atom. The van der Waals surface area contributed by atoms with Crippen molar-refractivity contribution in [2.45, 2.75) is 12.7 Å². The molecule has 0 aromatic heterocycles. The Bertz CT molecular complexity index is 952. The van der Waals surface area contributed by atoms with Crippen LogP contribution in [0.1, 0.15) is 17.2 Å². The van der Waals surface area contributed by atoms with E-state index in [1.165, 1.54) is 0 Å². The summed E-state index contributed by atoms with van der Waals surface area (Å²) in [6.07, 6.45) is -1.75. The summed E-state index contributed by atoms with van der Waals surface area (Å²) in [6.45, 7) is 0.356.